The number of ether oxygens (including phenoxy) is 1. The van der Waals surface area contributed by atoms with Gasteiger partial charge in [0.15, 0.2) is 5.82 Å². The average molecular weight is 479 g/mol. The molecule has 3 amide bonds. The first-order chi connectivity index (χ1) is 16.5. The lowest BCUT2D eigenvalue weighted by atomic mass is 10.1. The maximum atomic E-state index is 13.0. The minimum absolute atomic E-state index is 0.210. The number of hydrogen-bond acceptors (Lipinski definition) is 6. The largest absolute Gasteiger partial charge is 0.444 e. The smallest absolute Gasteiger partial charge is 0.408 e. The van der Waals surface area contributed by atoms with Gasteiger partial charge in [-0.2, -0.15) is 0 Å². The van der Waals surface area contributed by atoms with E-state index in [0.717, 1.165) is 16.3 Å². The summed E-state index contributed by atoms with van der Waals surface area (Å²) < 4.78 is 5.29. The van der Waals surface area contributed by atoms with Gasteiger partial charge in [0.1, 0.15) is 23.5 Å². The van der Waals surface area contributed by atoms with E-state index < -0.39 is 35.6 Å². The van der Waals surface area contributed by atoms with Gasteiger partial charge in [-0.05, 0) is 33.3 Å². The fourth-order valence-corrected chi connectivity index (χ4v) is 3.34. The highest BCUT2D eigenvalue weighted by Crippen LogP contribution is 2.30. The van der Waals surface area contributed by atoms with Crippen LogP contribution < -0.4 is 16.4 Å². The van der Waals surface area contributed by atoms with Gasteiger partial charge in [0, 0.05) is 17.2 Å². The van der Waals surface area contributed by atoms with Crippen molar-refractivity contribution in [2.75, 3.05) is 5.73 Å². The summed E-state index contributed by atoms with van der Waals surface area (Å²) in [5, 5.41) is 14.4. The van der Waals surface area contributed by atoms with Crippen LogP contribution in [0.25, 0.3) is 10.8 Å². The van der Waals surface area contributed by atoms with Crippen LogP contribution in [0.4, 0.5) is 16.4 Å². The summed E-state index contributed by atoms with van der Waals surface area (Å²) in [6.45, 7) is 6.68. The monoisotopic (exact) mass is 478 g/mol. The van der Waals surface area contributed by atoms with Crippen molar-refractivity contribution in [1.82, 2.24) is 15.6 Å². The van der Waals surface area contributed by atoms with Crippen LogP contribution in [-0.4, -0.2) is 40.6 Å². The van der Waals surface area contributed by atoms with Crippen molar-refractivity contribution >= 4 is 40.3 Å². The van der Waals surface area contributed by atoms with Crippen molar-refractivity contribution in [3.05, 3.63) is 60.2 Å². The molecule has 2 aromatic carbocycles. The maximum Gasteiger partial charge on any atom is 0.408 e. The highest BCUT2D eigenvalue weighted by atomic mass is 16.6. The van der Waals surface area contributed by atoms with Crippen LogP contribution in [0.3, 0.4) is 0 Å². The molecule has 3 aromatic rings. The van der Waals surface area contributed by atoms with E-state index in [9.17, 15) is 14.4 Å². The minimum Gasteiger partial charge on any atom is -0.444 e. The number of amides is 3. The van der Waals surface area contributed by atoms with E-state index in [-0.39, 0.29) is 6.42 Å². The fourth-order valence-electron chi connectivity index (χ4n) is 3.34. The number of anilines is 1. The Morgan fingerprint density at radius 3 is 2.29 bits per heavy atom. The standard InChI is InChI=1S/C25H30N6O4/c1-15(22(32)31-30-21-18-13-9-8-12-17(18)20(26)29-21)27-23(33)19(14-16-10-6-5-7-11-16)28-24(34)35-25(2,3)4/h5-13,15,19,29H,14,26H2,1-4H3,(H,27,33)(H,28,34)/t15-,19-/m0/s1. The summed E-state index contributed by atoms with van der Waals surface area (Å²) in [4.78, 5) is 40.8. The summed E-state index contributed by atoms with van der Waals surface area (Å²) in [6.07, 6.45) is -0.523. The third kappa shape index (κ3) is 7.13. The SMILES string of the molecule is C[C@H](NC(=O)[C@H](Cc1ccccc1)NC(=O)OC(C)(C)C)C(=O)N=Nc1[nH]c(N)c2ccccc12. The Kier molecular flexibility index (Phi) is 7.85. The van der Waals surface area contributed by atoms with Crippen LogP contribution in [0.2, 0.25) is 0 Å². The first kappa shape index (κ1) is 25.4. The highest BCUT2D eigenvalue weighted by Gasteiger charge is 2.27. The summed E-state index contributed by atoms with van der Waals surface area (Å²) >= 11 is 0. The Labute approximate surface area is 203 Å². The van der Waals surface area contributed by atoms with Gasteiger partial charge in [-0.3, -0.25) is 9.59 Å². The molecule has 0 fully saturated rings. The van der Waals surface area contributed by atoms with E-state index >= 15 is 0 Å². The number of aromatic amines is 1. The molecule has 0 unspecified atom stereocenters. The zero-order chi connectivity index (χ0) is 25.6. The Morgan fingerprint density at radius 2 is 1.63 bits per heavy atom. The van der Waals surface area contributed by atoms with Crippen molar-refractivity contribution in [1.29, 1.82) is 0 Å². The summed E-state index contributed by atoms with van der Waals surface area (Å²) in [7, 11) is 0. The van der Waals surface area contributed by atoms with Gasteiger partial charge in [0.2, 0.25) is 5.91 Å². The van der Waals surface area contributed by atoms with Crippen LogP contribution in [0, 0.1) is 0 Å². The van der Waals surface area contributed by atoms with Gasteiger partial charge < -0.3 is 26.1 Å². The number of nitrogens with one attached hydrogen (secondary N) is 3. The molecule has 0 aliphatic heterocycles. The number of rotatable bonds is 7. The normalized spacial score (nSPS) is 13.4. The molecule has 35 heavy (non-hydrogen) atoms. The lowest BCUT2D eigenvalue weighted by Gasteiger charge is -2.24. The molecule has 0 radical (unpaired) electrons. The molecular formula is C25H30N6O4. The molecule has 2 atom stereocenters. The van der Waals surface area contributed by atoms with E-state index in [1.165, 1.54) is 6.92 Å². The molecule has 1 heterocycles. The average Bonchev–Trinajstić information content (AvgIpc) is 3.12. The van der Waals surface area contributed by atoms with Gasteiger partial charge in [0.05, 0.1) is 0 Å². The highest BCUT2D eigenvalue weighted by molar-refractivity contribution is 5.99. The Balaban J connectivity index is 1.69. The molecule has 5 N–H and O–H groups in total. The molecule has 184 valence electrons. The number of carbonyl (C=O) groups is 3. The van der Waals surface area contributed by atoms with Crippen molar-refractivity contribution in [2.45, 2.75) is 51.8 Å². The first-order valence-electron chi connectivity index (χ1n) is 11.2. The molecule has 10 nitrogen and oxygen atoms in total. The van der Waals surface area contributed by atoms with Gasteiger partial charge in [-0.25, -0.2) is 4.79 Å². The second-order valence-electron chi connectivity index (χ2n) is 9.09. The molecule has 0 bridgehead atoms. The number of benzene rings is 2. The van der Waals surface area contributed by atoms with Gasteiger partial charge in [-0.15, -0.1) is 10.2 Å². The number of hydrogen-bond donors (Lipinski definition) is 4. The lowest BCUT2D eigenvalue weighted by molar-refractivity contribution is -0.128. The van der Waals surface area contributed by atoms with E-state index in [1.54, 1.807) is 20.8 Å². The van der Waals surface area contributed by atoms with Crippen molar-refractivity contribution in [3.8, 4) is 0 Å². The molecule has 0 saturated heterocycles. The van der Waals surface area contributed by atoms with Crippen LogP contribution in [0.5, 0.6) is 0 Å². The van der Waals surface area contributed by atoms with Crippen LogP contribution >= 0.6 is 0 Å². The molecule has 1 aromatic heterocycles. The molecule has 10 heteroatoms. The van der Waals surface area contributed by atoms with Crippen molar-refractivity contribution < 1.29 is 19.1 Å². The zero-order valence-corrected chi connectivity index (χ0v) is 20.2. The predicted octanol–water partition coefficient (Wildman–Crippen LogP) is 4.00. The third-order valence-electron chi connectivity index (χ3n) is 4.99. The maximum absolute atomic E-state index is 13.0. The number of nitrogen functional groups attached to an aromatic ring is 1. The van der Waals surface area contributed by atoms with Crippen molar-refractivity contribution in [3.63, 3.8) is 0 Å². The number of nitrogens with two attached hydrogens (primary N) is 1. The number of fused-ring (bicyclic) bond motifs is 1. The third-order valence-corrected chi connectivity index (χ3v) is 4.99. The Morgan fingerprint density at radius 1 is 1.00 bits per heavy atom. The van der Waals surface area contributed by atoms with Crippen LogP contribution in [0.1, 0.15) is 33.3 Å². The number of nitrogens with zero attached hydrogens (tertiary/aromatic N) is 2. The number of carbonyl (C=O) groups excluding carboxylic acids is 3. The molecule has 0 aliphatic carbocycles. The summed E-state index contributed by atoms with van der Waals surface area (Å²) in [6, 6.07) is 14.6. The number of aromatic nitrogens is 1. The minimum atomic E-state index is -0.983. The molecule has 3 rings (SSSR count). The van der Waals surface area contributed by atoms with E-state index in [4.69, 9.17) is 10.5 Å². The van der Waals surface area contributed by atoms with Gasteiger partial charge >= 0.3 is 6.09 Å². The van der Waals surface area contributed by atoms with Crippen molar-refractivity contribution in [2.24, 2.45) is 10.2 Å². The molecule has 0 aliphatic rings. The predicted molar refractivity (Wildman–Crippen MR) is 133 cm³/mol. The van der Waals surface area contributed by atoms with Crippen LogP contribution in [0.15, 0.2) is 64.8 Å². The molecule has 0 saturated carbocycles. The lowest BCUT2D eigenvalue weighted by Crippen LogP contribution is -2.52. The van der Waals surface area contributed by atoms with Gasteiger partial charge in [-0.1, -0.05) is 54.6 Å². The van der Waals surface area contributed by atoms with Gasteiger partial charge in [0.25, 0.3) is 5.91 Å². The molecular weight excluding hydrogens is 448 g/mol. The van der Waals surface area contributed by atoms with E-state index in [2.05, 4.69) is 25.8 Å². The number of H-pyrrole nitrogens is 1. The molecule has 0 spiro atoms. The van der Waals surface area contributed by atoms with Crippen LogP contribution in [-0.2, 0) is 20.7 Å². The Hall–Kier alpha value is -4.21. The second kappa shape index (κ2) is 10.8. The Bertz CT molecular complexity index is 1230. The number of azo groups is 1. The second-order valence-corrected chi connectivity index (χ2v) is 9.09. The summed E-state index contributed by atoms with van der Waals surface area (Å²) in [5.74, 6) is -0.449. The summed E-state index contributed by atoms with van der Waals surface area (Å²) in [5.41, 5.74) is 6.04. The van der Waals surface area contributed by atoms with E-state index in [1.807, 2.05) is 54.6 Å². The topological polar surface area (TPSA) is 151 Å². The first-order valence-corrected chi connectivity index (χ1v) is 11.2. The number of alkyl carbamates (subject to hydrolysis) is 1. The fraction of sp³-hybridized carbons (Fsp3) is 0.320. The zero-order valence-electron chi connectivity index (χ0n) is 20.2. The quantitative estimate of drug-likeness (QED) is 0.378. The van der Waals surface area contributed by atoms with E-state index in [0.29, 0.717) is 11.6 Å².